The fourth-order valence-electron chi connectivity index (χ4n) is 4.25. The monoisotopic (exact) mass is 585 g/mol. The smallest absolute Gasteiger partial charge is 0.368 e. The number of halogens is 1. The lowest BCUT2D eigenvalue weighted by Crippen LogP contribution is -2.38. The molecule has 39 heavy (non-hydrogen) atoms. The summed E-state index contributed by atoms with van der Waals surface area (Å²) in [5.74, 6) is 0.0845. The molecular formula is C28H30ClN4O4S2+. The first-order chi connectivity index (χ1) is 18.7. The summed E-state index contributed by atoms with van der Waals surface area (Å²) < 4.78 is 25.3. The van der Waals surface area contributed by atoms with Crippen molar-refractivity contribution in [2.75, 3.05) is 36.0 Å². The maximum Gasteiger partial charge on any atom is 0.368 e. The number of rotatable bonds is 11. The second-order valence-corrected chi connectivity index (χ2v) is 12.9. The number of nitrogens with one attached hydrogen (secondary N) is 2. The van der Waals surface area contributed by atoms with Gasteiger partial charge in [-0.1, -0.05) is 72.8 Å². The number of hydrogen-bond donors (Lipinski definition) is 3. The molecule has 2 amide bonds. The predicted molar refractivity (Wildman–Crippen MR) is 159 cm³/mol. The number of benzene rings is 3. The zero-order valence-corrected chi connectivity index (χ0v) is 23.7. The van der Waals surface area contributed by atoms with Crippen molar-refractivity contribution in [3.8, 4) is 11.3 Å². The summed E-state index contributed by atoms with van der Waals surface area (Å²) >= 11 is 0. The Morgan fingerprint density at radius 2 is 1.56 bits per heavy atom. The average Bonchev–Trinajstić information content (AvgIpc) is 3.28. The van der Waals surface area contributed by atoms with E-state index in [2.05, 4.69) is 39.3 Å². The van der Waals surface area contributed by atoms with E-state index < -0.39 is 19.7 Å². The predicted octanol–water partition coefficient (Wildman–Crippen LogP) is 5.92. The first-order valence-corrected chi connectivity index (χ1v) is 16.3. The van der Waals surface area contributed by atoms with Crippen molar-refractivity contribution >= 4 is 47.2 Å². The van der Waals surface area contributed by atoms with Gasteiger partial charge in [0.05, 0.1) is 12.9 Å². The van der Waals surface area contributed by atoms with E-state index in [9.17, 15) is 18.3 Å². The molecule has 1 heterocycles. The maximum absolute atomic E-state index is 13.2. The molecule has 1 atom stereocenters. The third-order valence-electron chi connectivity index (χ3n) is 6.07. The average molecular weight is 586 g/mol. The molecule has 0 fully saturated rings. The highest BCUT2D eigenvalue weighted by molar-refractivity contribution is 7.92. The summed E-state index contributed by atoms with van der Waals surface area (Å²) in [6.07, 6.45) is 1.75. The standard InChI is InChI=1S/C28H29ClN4O4S2/c1-39(36,37)32-24-14-12-23(13-15-24)26-20-38(29)27(30-26)31-28(35)33(18-19-34)17-16-25(21-8-4-2-5-9-21)22-10-6-3-7-11-22/h2-15,20,25,32,34H,16-19H2,1H3/p+1. The Morgan fingerprint density at radius 1 is 0.974 bits per heavy atom. The molecule has 0 aliphatic carbocycles. The minimum Gasteiger partial charge on any atom is -0.395 e. The molecule has 1 aromatic heterocycles. The maximum atomic E-state index is 13.2. The van der Waals surface area contributed by atoms with E-state index >= 15 is 0 Å². The number of hydrogen-bond acceptors (Lipinski definition) is 5. The number of thiazole rings is 1. The van der Waals surface area contributed by atoms with E-state index in [1.807, 2.05) is 36.4 Å². The van der Waals surface area contributed by atoms with Gasteiger partial charge in [-0.3, -0.25) is 4.72 Å². The van der Waals surface area contributed by atoms with Crippen LogP contribution in [0.2, 0.25) is 0 Å². The van der Waals surface area contributed by atoms with Gasteiger partial charge in [-0.15, -0.1) is 0 Å². The number of carbonyl (C=O) groups excluding carboxylic acids is 1. The second kappa shape index (κ2) is 13.1. The molecule has 0 radical (unpaired) electrons. The van der Waals surface area contributed by atoms with Gasteiger partial charge in [0.25, 0.3) is 0 Å². The molecule has 0 saturated heterocycles. The summed E-state index contributed by atoms with van der Waals surface area (Å²) in [6, 6.07) is 26.6. The summed E-state index contributed by atoms with van der Waals surface area (Å²) in [5.41, 5.74) is 4.06. The van der Waals surface area contributed by atoms with Crippen molar-refractivity contribution in [1.29, 1.82) is 0 Å². The van der Waals surface area contributed by atoms with Crippen LogP contribution in [-0.2, 0) is 10.0 Å². The zero-order chi connectivity index (χ0) is 27.8. The van der Waals surface area contributed by atoms with Crippen molar-refractivity contribution < 1.29 is 18.3 Å². The Kier molecular flexibility index (Phi) is 9.58. The lowest BCUT2D eigenvalue weighted by Gasteiger charge is -2.25. The number of nitrogens with zero attached hydrogens (tertiary/aromatic N) is 2. The van der Waals surface area contributed by atoms with E-state index in [4.69, 9.17) is 10.7 Å². The number of carbonyl (C=O) groups is 1. The largest absolute Gasteiger partial charge is 0.395 e. The fourth-order valence-corrected chi connectivity index (χ4v) is 6.16. The first-order valence-electron chi connectivity index (χ1n) is 12.3. The molecule has 1 unspecified atom stereocenters. The van der Waals surface area contributed by atoms with Crippen LogP contribution in [0.15, 0.2) is 90.3 Å². The van der Waals surface area contributed by atoms with Crippen molar-refractivity contribution in [3.63, 3.8) is 0 Å². The van der Waals surface area contributed by atoms with Crippen LogP contribution in [0.1, 0.15) is 23.5 Å². The molecule has 8 nitrogen and oxygen atoms in total. The van der Waals surface area contributed by atoms with Crippen molar-refractivity contribution in [2.45, 2.75) is 12.3 Å². The van der Waals surface area contributed by atoms with Crippen molar-refractivity contribution in [1.82, 2.24) is 9.88 Å². The van der Waals surface area contributed by atoms with Gasteiger partial charge in [-0.05, 0) is 29.7 Å². The minimum absolute atomic E-state index is 0.0845. The zero-order valence-electron chi connectivity index (χ0n) is 21.3. The highest BCUT2D eigenvalue weighted by atomic mass is 35.7. The molecule has 204 valence electrons. The Labute approximate surface area is 235 Å². The van der Waals surface area contributed by atoms with Crippen LogP contribution in [0.4, 0.5) is 15.6 Å². The van der Waals surface area contributed by atoms with E-state index in [1.165, 1.54) is 0 Å². The van der Waals surface area contributed by atoms with Gasteiger partial charge in [0, 0.05) is 30.3 Å². The van der Waals surface area contributed by atoms with Gasteiger partial charge in [0.2, 0.25) is 20.7 Å². The number of amides is 2. The van der Waals surface area contributed by atoms with Crippen LogP contribution in [-0.4, -0.2) is 55.4 Å². The Balaban J connectivity index is 1.46. The Bertz CT molecular complexity index is 1440. The summed E-state index contributed by atoms with van der Waals surface area (Å²) in [7, 11) is 2.18. The van der Waals surface area contributed by atoms with Crippen molar-refractivity contribution in [2.24, 2.45) is 0 Å². The number of urea groups is 1. The van der Waals surface area contributed by atoms with Crippen LogP contribution < -0.4 is 10.0 Å². The van der Waals surface area contributed by atoms with Gasteiger partial charge in [0.1, 0.15) is 15.4 Å². The van der Waals surface area contributed by atoms with E-state index in [0.29, 0.717) is 29.5 Å². The second-order valence-electron chi connectivity index (χ2n) is 8.96. The van der Waals surface area contributed by atoms with E-state index in [-0.39, 0.29) is 25.1 Å². The Hall–Kier alpha value is -3.44. The van der Waals surface area contributed by atoms with E-state index in [0.717, 1.165) is 22.9 Å². The fraction of sp³-hybridized carbons (Fsp3) is 0.214. The number of aliphatic hydroxyl groups is 1. The number of anilines is 2. The molecular weight excluding hydrogens is 556 g/mol. The van der Waals surface area contributed by atoms with Crippen molar-refractivity contribution in [3.05, 3.63) is 101 Å². The molecule has 4 aromatic rings. The third kappa shape index (κ3) is 8.03. The highest BCUT2D eigenvalue weighted by Gasteiger charge is 2.25. The van der Waals surface area contributed by atoms with Crippen LogP contribution in [0.5, 0.6) is 0 Å². The van der Waals surface area contributed by atoms with Gasteiger partial charge in [-0.25, -0.2) is 18.5 Å². The molecule has 11 heteroatoms. The third-order valence-corrected chi connectivity index (χ3v) is 8.37. The quantitative estimate of drug-likeness (QED) is 0.189. The lowest BCUT2D eigenvalue weighted by molar-refractivity contribution is 0.187. The molecule has 0 saturated carbocycles. The first kappa shape index (κ1) is 28.6. The molecule has 0 bridgehead atoms. The Morgan fingerprint density at radius 3 is 2.10 bits per heavy atom. The summed E-state index contributed by atoms with van der Waals surface area (Å²) in [4.78, 5) is 19.3. The van der Waals surface area contributed by atoms with Gasteiger partial charge < -0.3 is 10.0 Å². The number of aliphatic hydroxyl groups excluding tert-OH is 1. The molecule has 3 N–H and O–H groups in total. The van der Waals surface area contributed by atoms with Crippen LogP contribution >= 0.6 is 20.4 Å². The lowest BCUT2D eigenvalue weighted by atomic mass is 9.88. The normalized spacial score (nSPS) is 11.8. The van der Waals surface area contributed by atoms with Gasteiger partial charge >= 0.3 is 11.2 Å². The SMILES string of the molecule is CS(=O)(=O)Nc1ccc(-c2c[s+](Cl)c(NC(=O)N(CCO)CCC(c3ccccc3)c3ccccc3)n2)cc1. The van der Waals surface area contributed by atoms with E-state index in [1.54, 1.807) is 34.5 Å². The minimum atomic E-state index is -3.38. The molecule has 0 aliphatic rings. The summed E-state index contributed by atoms with van der Waals surface area (Å²) in [5, 5.41) is 14.5. The van der Waals surface area contributed by atoms with Crippen LogP contribution in [0.3, 0.4) is 0 Å². The van der Waals surface area contributed by atoms with Gasteiger partial charge in [0.15, 0.2) is 5.38 Å². The topological polar surface area (TPSA) is 112 Å². The van der Waals surface area contributed by atoms with Gasteiger partial charge in [-0.2, -0.15) is 4.98 Å². The van der Waals surface area contributed by atoms with Crippen LogP contribution in [0.25, 0.3) is 11.3 Å². The number of aromatic nitrogens is 1. The molecule has 0 aliphatic heterocycles. The van der Waals surface area contributed by atoms with Crippen LogP contribution in [0, 0.1) is 0 Å². The summed E-state index contributed by atoms with van der Waals surface area (Å²) in [6.45, 7) is 0.408. The molecule has 4 rings (SSSR count). The molecule has 0 spiro atoms. The highest BCUT2D eigenvalue weighted by Crippen LogP contribution is 2.38. The molecule has 3 aromatic carbocycles. The number of sulfonamides is 1.